The lowest BCUT2D eigenvalue weighted by Gasteiger charge is -2.60. The summed E-state index contributed by atoms with van der Waals surface area (Å²) in [5.74, 6) is -6.29. The molecule has 38 heavy (non-hydrogen) atoms. The summed E-state index contributed by atoms with van der Waals surface area (Å²) in [5.41, 5.74) is -3.61. The number of ketones is 1. The Morgan fingerprint density at radius 1 is 1.24 bits per heavy atom. The summed E-state index contributed by atoms with van der Waals surface area (Å²) in [5, 5.41) is 10.5. The van der Waals surface area contributed by atoms with Crippen LogP contribution in [-0.2, 0) is 28.7 Å². The van der Waals surface area contributed by atoms with Crippen LogP contribution in [0, 0.1) is 34.5 Å². The molecule has 0 aromatic rings. The highest BCUT2D eigenvalue weighted by Crippen LogP contribution is 2.70. The first-order chi connectivity index (χ1) is 17.8. The number of carbonyl (C=O) groups is 4. The summed E-state index contributed by atoms with van der Waals surface area (Å²) in [7, 11) is 0. The Labute approximate surface area is 224 Å². The second kappa shape index (κ2) is 9.25. The maximum Gasteiger partial charge on any atom is 0.319 e. The Morgan fingerprint density at radius 2 is 1.95 bits per heavy atom. The molecule has 0 radical (unpaired) electrons. The van der Waals surface area contributed by atoms with Gasteiger partial charge in [-0.2, -0.15) is 4.39 Å². The zero-order valence-corrected chi connectivity index (χ0v) is 22.9. The topological polar surface area (TPSA) is 107 Å². The maximum absolute atomic E-state index is 15.5. The molecule has 4 aliphatic carbocycles. The SMILES string of the molecule is CCC(=O)O[C@]1(C(=O)SC2CCOC2=O)[C@H](C)C[C@H]2[C@@H]3CCC4=CC(=O)C(F)=C(F)[C@]4(C)[C@H]3[C@@H](O)C[C@@]21C. The van der Waals surface area contributed by atoms with Crippen molar-refractivity contribution in [2.45, 2.75) is 83.2 Å². The van der Waals surface area contributed by atoms with E-state index in [1.54, 1.807) is 13.8 Å². The molecular formula is C28H34F2O7S. The van der Waals surface area contributed by atoms with Gasteiger partial charge in [0.15, 0.2) is 5.60 Å². The Morgan fingerprint density at radius 3 is 2.58 bits per heavy atom. The van der Waals surface area contributed by atoms with Crippen LogP contribution in [0.4, 0.5) is 8.78 Å². The summed E-state index contributed by atoms with van der Waals surface area (Å²) < 4.78 is 41.3. The highest BCUT2D eigenvalue weighted by atomic mass is 32.2. The third-order valence-electron chi connectivity index (χ3n) is 10.2. The normalized spacial score (nSPS) is 44.1. The van der Waals surface area contributed by atoms with E-state index in [1.165, 1.54) is 6.08 Å². The van der Waals surface area contributed by atoms with Gasteiger partial charge in [0.1, 0.15) is 11.1 Å². The van der Waals surface area contributed by atoms with Crippen LogP contribution < -0.4 is 0 Å². The Bertz CT molecular complexity index is 1170. The molecule has 0 aromatic heterocycles. The van der Waals surface area contributed by atoms with E-state index >= 15 is 4.39 Å². The molecule has 0 aromatic carbocycles. The molecule has 208 valence electrons. The second-order valence-corrected chi connectivity index (χ2v) is 13.1. The lowest BCUT2D eigenvalue weighted by molar-refractivity contribution is -0.200. The number of thioether (sulfide) groups is 1. The van der Waals surface area contributed by atoms with E-state index < -0.39 is 74.1 Å². The largest absolute Gasteiger partial charge is 0.465 e. The van der Waals surface area contributed by atoms with E-state index in [2.05, 4.69) is 0 Å². The number of carbonyl (C=O) groups excluding carboxylic acids is 4. The fraction of sp³-hybridized carbons (Fsp3) is 0.714. The molecule has 0 bridgehead atoms. The summed E-state index contributed by atoms with van der Waals surface area (Å²) in [6.07, 6.45) is 1.81. The number of esters is 2. The number of halogens is 2. The van der Waals surface area contributed by atoms with Crippen molar-refractivity contribution in [3.8, 4) is 0 Å². The predicted octanol–water partition coefficient (Wildman–Crippen LogP) is 4.37. The van der Waals surface area contributed by atoms with Gasteiger partial charge in [0.2, 0.25) is 16.7 Å². The molecule has 3 saturated carbocycles. The van der Waals surface area contributed by atoms with Gasteiger partial charge in [-0.15, -0.1) is 0 Å². The molecule has 7 nitrogen and oxygen atoms in total. The molecule has 1 unspecified atom stereocenters. The van der Waals surface area contributed by atoms with Gasteiger partial charge in [-0.1, -0.05) is 38.1 Å². The van der Waals surface area contributed by atoms with Gasteiger partial charge in [0, 0.05) is 35.5 Å². The van der Waals surface area contributed by atoms with Crippen LogP contribution in [0.15, 0.2) is 23.3 Å². The van der Waals surface area contributed by atoms with Crippen LogP contribution >= 0.6 is 11.8 Å². The number of rotatable bonds is 4. The molecule has 5 aliphatic rings. The second-order valence-electron chi connectivity index (χ2n) is 11.9. The van der Waals surface area contributed by atoms with Crippen molar-refractivity contribution in [3.05, 3.63) is 23.3 Å². The Kier molecular flexibility index (Phi) is 6.69. The molecule has 4 fully saturated rings. The van der Waals surface area contributed by atoms with Crippen LogP contribution in [0.3, 0.4) is 0 Å². The number of hydrogen-bond acceptors (Lipinski definition) is 8. The van der Waals surface area contributed by atoms with Gasteiger partial charge < -0.3 is 14.6 Å². The lowest BCUT2D eigenvalue weighted by Crippen LogP contribution is -2.63. The Hall–Kier alpha value is -2.07. The number of allylic oxidation sites excluding steroid dienone is 4. The molecule has 5 rings (SSSR count). The van der Waals surface area contributed by atoms with E-state index in [9.17, 15) is 28.7 Å². The van der Waals surface area contributed by atoms with Gasteiger partial charge in [0.25, 0.3) is 0 Å². The highest BCUT2D eigenvalue weighted by molar-refractivity contribution is 8.14. The molecule has 0 amide bonds. The van der Waals surface area contributed by atoms with Crippen molar-refractivity contribution in [1.29, 1.82) is 0 Å². The number of cyclic esters (lactones) is 1. The van der Waals surface area contributed by atoms with Crippen molar-refractivity contribution in [1.82, 2.24) is 0 Å². The van der Waals surface area contributed by atoms with E-state index in [4.69, 9.17) is 9.47 Å². The zero-order chi connectivity index (χ0) is 27.8. The molecule has 0 spiro atoms. The van der Waals surface area contributed by atoms with Gasteiger partial charge in [0.05, 0.1) is 12.7 Å². The fourth-order valence-electron chi connectivity index (χ4n) is 8.50. The predicted molar refractivity (Wildman–Crippen MR) is 134 cm³/mol. The summed E-state index contributed by atoms with van der Waals surface area (Å²) in [6, 6.07) is 0. The van der Waals surface area contributed by atoms with Gasteiger partial charge in [-0.3, -0.25) is 19.2 Å². The van der Waals surface area contributed by atoms with Crippen molar-refractivity contribution in [2.75, 3.05) is 6.61 Å². The zero-order valence-electron chi connectivity index (χ0n) is 22.1. The van der Waals surface area contributed by atoms with Gasteiger partial charge in [-0.05, 0) is 50.5 Å². The number of fused-ring (bicyclic) bond motifs is 5. The van der Waals surface area contributed by atoms with Crippen LogP contribution in [0.5, 0.6) is 0 Å². The smallest absolute Gasteiger partial charge is 0.319 e. The van der Waals surface area contributed by atoms with E-state index in [0.717, 1.165) is 11.8 Å². The van der Waals surface area contributed by atoms with Gasteiger partial charge >= 0.3 is 11.9 Å². The molecule has 9 atom stereocenters. The minimum atomic E-state index is -1.61. The fourth-order valence-corrected chi connectivity index (χ4v) is 9.78. The van der Waals surface area contributed by atoms with Crippen molar-refractivity contribution < 1.29 is 42.5 Å². The molecule has 1 aliphatic heterocycles. The number of aliphatic hydroxyl groups excluding tert-OH is 1. The summed E-state index contributed by atoms with van der Waals surface area (Å²) >= 11 is 0.835. The van der Waals surface area contributed by atoms with Gasteiger partial charge in [-0.25, -0.2) is 4.39 Å². The first kappa shape index (κ1) is 27.5. The van der Waals surface area contributed by atoms with Crippen LogP contribution in [-0.4, -0.2) is 51.5 Å². The highest BCUT2D eigenvalue weighted by Gasteiger charge is 2.74. The van der Waals surface area contributed by atoms with Crippen molar-refractivity contribution in [3.63, 3.8) is 0 Å². The number of ether oxygens (including phenoxy) is 2. The first-order valence-corrected chi connectivity index (χ1v) is 14.3. The first-order valence-electron chi connectivity index (χ1n) is 13.4. The summed E-state index contributed by atoms with van der Waals surface area (Å²) in [4.78, 5) is 51.1. The van der Waals surface area contributed by atoms with E-state index in [1.807, 2.05) is 13.8 Å². The summed E-state index contributed by atoms with van der Waals surface area (Å²) in [6.45, 7) is 7.10. The third-order valence-corrected chi connectivity index (χ3v) is 11.5. The van der Waals surface area contributed by atoms with Crippen LogP contribution in [0.1, 0.15) is 66.2 Å². The third kappa shape index (κ3) is 3.54. The average molecular weight is 553 g/mol. The minimum Gasteiger partial charge on any atom is -0.465 e. The lowest BCUT2D eigenvalue weighted by atomic mass is 9.46. The van der Waals surface area contributed by atoms with E-state index in [0.29, 0.717) is 31.3 Å². The number of aliphatic hydroxyl groups is 1. The Balaban J connectivity index is 1.58. The van der Waals surface area contributed by atoms with Crippen molar-refractivity contribution >= 4 is 34.6 Å². The molecule has 1 heterocycles. The minimum absolute atomic E-state index is 0.0211. The molecular weight excluding hydrogens is 518 g/mol. The average Bonchev–Trinajstić information content (AvgIpc) is 3.36. The maximum atomic E-state index is 15.5. The van der Waals surface area contributed by atoms with Crippen LogP contribution in [0.25, 0.3) is 0 Å². The monoisotopic (exact) mass is 552 g/mol. The van der Waals surface area contributed by atoms with Crippen molar-refractivity contribution in [2.24, 2.45) is 34.5 Å². The van der Waals surface area contributed by atoms with Crippen LogP contribution in [0.2, 0.25) is 0 Å². The number of hydrogen-bond donors (Lipinski definition) is 1. The standard InChI is InChI=1S/C28H34F2O7S/c1-5-20(33)37-28(25(35)38-19-8-9-36-24(19)34)13(2)10-16-15-7-6-14-11-17(31)22(29)23(30)27(14,4)21(15)18(32)12-26(16,28)3/h11,13,15-16,18-19,21,32H,5-10,12H2,1-4H3/t13-,15+,16+,18+,19?,21-,26+,27+,28+/m1/s1. The molecule has 1 N–H and O–H groups in total. The van der Waals surface area contributed by atoms with E-state index in [-0.39, 0.29) is 31.3 Å². The quantitative estimate of drug-likeness (QED) is 0.513. The molecule has 10 heteroatoms. The molecule has 1 saturated heterocycles.